The molecule has 2 aromatic carbocycles. The molecule has 1 atom stereocenters. The van der Waals surface area contributed by atoms with Crippen molar-refractivity contribution in [2.24, 2.45) is 5.73 Å². The second-order valence-corrected chi connectivity index (χ2v) is 6.63. The number of halogens is 2. The molecule has 0 heterocycles. The van der Waals surface area contributed by atoms with Crippen molar-refractivity contribution in [3.63, 3.8) is 0 Å². The molecule has 1 amide bonds. The zero-order valence-electron chi connectivity index (χ0n) is 13.6. The predicted molar refractivity (Wildman–Crippen MR) is 95.2 cm³/mol. The standard InChI is InChI=1S/C18H20BrFN2O2/c1-18(21,13-7-9-14(19)10-8-13)17(23)22(2)11-12-24-16-6-4-3-5-15(16)20/h3-10H,11-12,21H2,1-2H3. The van der Waals surface area contributed by atoms with Crippen molar-refractivity contribution in [2.45, 2.75) is 12.5 Å². The van der Waals surface area contributed by atoms with Gasteiger partial charge in [0.05, 0.1) is 6.54 Å². The molecular formula is C18H20BrFN2O2. The Kier molecular flexibility index (Phi) is 5.96. The number of rotatable bonds is 6. The molecule has 0 aliphatic heterocycles. The smallest absolute Gasteiger partial charge is 0.246 e. The second-order valence-electron chi connectivity index (χ2n) is 5.71. The second kappa shape index (κ2) is 7.77. The quantitative estimate of drug-likeness (QED) is 0.817. The SMILES string of the molecule is CN(CCOc1ccccc1F)C(=O)C(C)(N)c1ccc(Br)cc1. The number of hydrogen-bond donors (Lipinski definition) is 1. The maximum Gasteiger partial charge on any atom is 0.246 e. The molecule has 0 bridgehead atoms. The summed E-state index contributed by atoms with van der Waals surface area (Å²) in [6.45, 7) is 2.16. The lowest BCUT2D eigenvalue weighted by atomic mass is 9.92. The van der Waals surface area contributed by atoms with Crippen molar-refractivity contribution >= 4 is 21.8 Å². The van der Waals surface area contributed by atoms with Gasteiger partial charge in [0.2, 0.25) is 5.91 Å². The maximum absolute atomic E-state index is 13.5. The van der Waals surface area contributed by atoms with Crippen molar-refractivity contribution in [3.05, 3.63) is 64.4 Å². The van der Waals surface area contributed by atoms with Crippen LogP contribution < -0.4 is 10.5 Å². The minimum atomic E-state index is -1.15. The Morgan fingerprint density at radius 1 is 1.25 bits per heavy atom. The minimum Gasteiger partial charge on any atom is -0.489 e. The number of likely N-dealkylation sites (N-methyl/N-ethyl adjacent to an activating group) is 1. The Morgan fingerprint density at radius 3 is 2.50 bits per heavy atom. The number of nitrogens with zero attached hydrogens (tertiary/aromatic N) is 1. The van der Waals surface area contributed by atoms with E-state index in [1.54, 1.807) is 32.2 Å². The number of hydrogen-bond acceptors (Lipinski definition) is 3. The van der Waals surface area contributed by atoms with Crippen LogP contribution in [0.1, 0.15) is 12.5 Å². The van der Waals surface area contributed by atoms with Crippen LogP contribution in [0.2, 0.25) is 0 Å². The Bertz CT molecular complexity index is 704. The number of para-hydroxylation sites is 1. The van der Waals surface area contributed by atoms with E-state index in [2.05, 4.69) is 15.9 Å². The normalized spacial score (nSPS) is 13.2. The van der Waals surface area contributed by atoms with Crippen LogP contribution in [-0.2, 0) is 10.3 Å². The Morgan fingerprint density at radius 2 is 1.88 bits per heavy atom. The molecule has 0 aliphatic rings. The molecule has 0 fully saturated rings. The third-order valence-electron chi connectivity index (χ3n) is 3.76. The van der Waals surface area contributed by atoms with Gasteiger partial charge < -0.3 is 15.4 Å². The van der Waals surface area contributed by atoms with E-state index in [1.807, 2.05) is 24.3 Å². The van der Waals surface area contributed by atoms with Gasteiger partial charge in [-0.3, -0.25) is 4.79 Å². The molecule has 0 saturated heterocycles. The molecule has 2 rings (SSSR count). The van der Waals surface area contributed by atoms with Gasteiger partial charge in [0.1, 0.15) is 12.1 Å². The first kappa shape index (κ1) is 18.4. The lowest BCUT2D eigenvalue weighted by Crippen LogP contribution is -2.50. The highest BCUT2D eigenvalue weighted by atomic mass is 79.9. The molecule has 0 saturated carbocycles. The van der Waals surface area contributed by atoms with Gasteiger partial charge in [-0.1, -0.05) is 40.2 Å². The van der Waals surface area contributed by atoms with E-state index in [4.69, 9.17) is 10.5 Å². The van der Waals surface area contributed by atoms with E-state index in [0.717, 1.165) is 10.0 Å². The number of amides is 1. The number of ether oxygens (including phenoxy) is 1. The van der Waals surface area contributed by atoms with Gasteiger partial charge in [-0.05, 0) is 36.8 Å². The molecule has 0 spiro atoms. The average molecular weight is 395 g/mol. The molecule has 128 valence electrons. The van der Waals surface area contributed by atoms with E-state index in [0.29, 0.717) is 6.54 Å². The van der Waals surface area contributed by atoms with Gasteiger partial charge in [0.15, 0.2) is 11.6 Å². The molecule has 0 aliphatic carbocycles. The number of carbonyl (C=O) groups excluding carboxylic acids is 1. The van der Waals surface area contributed by atoms with Crippen LogP contribution in [-0.4, -0.2) is 31.0 Å². The van der Waals surface area contributed by atoms with Gasteiger partial charge in [-0.2, -0.15) is 0 Å². The van der Waals surface area contributed by atoms with Crippen molar-refractivity contribution in [2.75, 3.05) is 20.2 Å². The van der Waals surface area contributed by atoms with Gasteiger partial charge in [0.25, 0.3) is 0 Å². The molecule has 1 unspecified atom stereocenters. The fourth-order valence-electron chi connectivity index (χ4n) is 2.27. The third-order valence-corrected chi connectivity index (χ3v) is 4.28. The van der Waals surface area contributed by atoms with E-state index in [1.165, 1.54) is 11.0 Å². The van der Waals surface area contributed by atoms with Crippen LogP contribution in [0.5, 0.6) is 5.75 Å². The third kappa shape index (κ3) is 4.33. The minimum absolute atomic E-state index is 0.168. The molecule has 2 aromatic rings. The zero-order chi connectivity index (χ0) is 17.7. The van der Waals surface area contributed by atoms with E-state index < -0.39 is 11.4 Å². The molecule has 4 nitrogen and oxygen atoms in total. The first-order chi connectivity index (χ1) is 11.3. The monoisotopic (exact) mass is 394 g/mol. The van der Waals surface area contributed by atoms with E-state index >= 15 is 0 Å². The average Bonchev–Trinajstić information content (AvgIpc) is 2.56. The summed E-state index contributed by atoms with van der Waals surface area (Å²) < 4.78 is 19.8. The van der Waals surface area contributed by atoms with Crippen LogP contribution in [0, 0.1) is 5.82 Å². The summed E-state index contributed by atoms with van der Waals surface area (Å²) in [5.74, 6) is -0.492. The highest BCUT2D eigenvalue weighted by Crippen LogP contribution is 2.22. The number of carbonyl (C=O) groups is 1. The maximum atomic E-state index is 13.5. The first-order valence-corrected chi connectivity index (χ1v) is 8.29. The fraction of sp³-hybridized carbons (Fsp3) is 0.278. The lowest BCUT2D eigenvalue weighted by Gasteiger charge is -2.29. The Labute approximate surface area is 149 Å². The van der Waals surface area contributed by atoms with Crippen LogP contribution in [0.4, 0.5) is 4.39 Å². The summed E-state index contributed by atoms with van der Waals surface area (Å²) in [7, 11) is 1.65. The summed E-state index contributed by atoms with van der Waals surface area (Å²) >= 11 is 3.36. The van der Waals surface area contributed by atoms with Gasteiger partial charge in [-0.25, -0.2) is 4.39 Å². The van der Waals surface area contributed by atoms with E-state index in [9.17, 15) is 9.18 Å². The molecule has 0 radical (unpaired) electrons. The van der Waals surface area contributed by atoms with Gasteiger partial charge >= 0.3 is 0 Å². The molecule has 2 N–H and O–H groups in total. The van der Waals surface area contributed by atoms with Crippen molar-refractivity contribution in [3.8, 4) is 5.75 Å². The summed E-state index contributed by atoms with van der Waals surface area (Å²) in [5, 5.41) is 0. The Balaban J connectivity index is 1.96. The largest absolute Gasteiger partial charge is 0.489 e. The van der Waals surface area contributed by atoms with Crippen LogP contribution in [0.3, 0.4) is 0 Å². The number of benzene rings is 2. The van der Waals surface area contributed by atoms with Gasteiger partial charge in [-0.15, -0.1) is 0 Å². The predicted octanol–water partition coefficient (Wildman–Crippen LogP) is 3.30. The van der Waals surface area contributed by atoms with E-state index in [-0.39, 0.29) is 18.3 Å². The van der Waals surface area contributed by atoms with Crippen LogP contribution in [0.15, 0.2) is 53.0 Å². The molecule has 0 aromatic heterocycles. The van der Waals surface area contributed by atoms with Crippen LogP contribution >= 0.6 is 15.9 Å². The molecule has 24 heavy (non-hydrogen) atoms. The molecule has 6 heteroatoms. The molecular weight excluding hydrogens is 375 g/mol. The zero-order valence-corrected chi connectivity index (χ0v) is 15.2. The summed E-state index contributed by atoms with van der Waals surface area (Å²) in [6, 6.07) is 13.5. The Hall–Kier alpha value is -1.92. The topological polar surface area (TPSA) is 55.6 Å². The van der Waals surface area contributed by atoms with Crippen LogP contribution in [0.25, 0.3) is 0 Å². The summed E-state index contributed by atoms with van der Waals surface area (Å²) in [5.41, 5.74) is 5.81. The first-order valence-electron chi connectivity index (χ1n) is 7.50. The highest BCUT2D eigenvalue weighted by molar-refractivity contribution is 9.10. The van der Waals surface area contributed by atoms with Crippen molar-refractivity contribution < 1.29 is 13.9 Å². The summed E-state index contributed by atoms with van der Waals surface area (Å²) in [6.07, 6.45) is 0. The lowest BCUT2D eigenvalue weighted by molar-refractivity contribution is -0.135. The van der Waals surface area contributed by atoms with Crippen molar-refractivity contribution in [1.82, 2.24) is 4.90 Å². The van der Waals surface area contributed by atoms with Crippen molar-refractivity contribution in [1.29, 1.82) is 0 Å². The number of nitrogens with two attached hydrogens (primary N) is 1. The summed E-state index contributed by atoms with van der Waals surface area (Å²) in [4.78, 5) is 14.1. The highest BCUT2D eigenvalue weighted by Gasteiger charge is 2.33. The fourth-order valence-corrected chi connectivity index (χ4v) is 2.54. The van der Waals surface area contributed by atoms with Gasteiger partial charge in [0, 0.05) is 11.5 Å².